The standard InChI is InChI=1S/C15H15Cl2N3O/c16-10-5-4-9(12(17)8-10)6-7-20-14-11(15(19)21)2-1-3-13(14)18/h1-5,8,20H,6-7,18H2,(H2,19,21). The number of anilines is 2. The number of para-hydroxylation sites is 1. The van der Waals surface area contributed by atoms with Crippen LogP contribution in [0.1, 0.15) is 15.9 Å². The minimum absolute atomic E-state index is 0.372. The summed E-state index contributed by atoms with van der Waals surface area (Å²) in [6, 6.07) is 10.4. The first-order valence-electron chi connectivity index (χ1n) is 6.35. The van der Waals surface area contributed by atoms with Gasteiger partial charge in [-0.2, -0.15) is 0 Å². The van der Waals surface area contributed by atoms with Gasteiger partial charge in [-0.3, -0.25) is 4.79 Å². The molecule has 2 aromatic rings. The van der Waals surface area contributed by atoms with Crippen LogP contribution in [-0.2, 0) is 6.42 Å². The fraction of sp³-hybridized carbons (Fsp3) is 0.133. The van der Waals surface area contributed by atoms with Gasteiger partial charge in [-0.1, -0.05) is 35.3 Å². The summed E-state index contributed by atoms with van der Waals surface area (Å²) in [5.41, 5.74) is 13.6. The third-order valence-electron chi connectivity index (χ3n) is 3.07. The molecule has 110 valence electrons. The maximum Gasteiger partial charge on any atom is 0.250 e. The lowest BCUT2D eigenvalue weighted by molar-refractivity contribution is 0.100. The Balaban J connectivity index is 2.09. The number of benzene rings is 2. The number of hydrogen-bond acceptors (Lipinski definition) is 3. The molecule has 5 N–H and O–H groups in total. The molecular formula is C15H15Cl2N3O. The summed E-state index contributed by atoms with van der Waals surface area (Å²) in [4.78, 5) is 11.4. The molecule has 0 aromatic heterocycles. The number of nitrogens with one attached hydrogen (secondary N) is 1. The van der Waals surface area contributed by atoms with Crippen LogP contribution < -0.4 is 16.8 Å². The monoisotopic (exact) mass is 323 g/mol. The smallest absolute Gasteiger partial charge is 0.250 e. The van der Waals surface area contributed by atoms with Gasteiger partial charge in [0.1, 0.15) is 0 Å². The molecule has 2 aromatic carbocycles. The lowest BCUT2D eigenvalue weighted by atomic mass is 10.1. The Morgan fingerprint density at radius 1 is 1.19 bits per heavy atom. The Labute approximate surface area is 133 Å². The van der Waals surface area contributed by atoms with Crippen molar-refractivity contribution in [3.8, 4) is 0 Å². The molecule has 6 heteroatoms. The number of carbonyl (C=O) groups excluding carboxylic acids is 1. The van der Waals surface area contributed by atoms with E-state index in [1.54, 1.807) is 30.3 Å². The Morgan fingerprint density at radius 2 is 1.95 bits per heavy atom. The van der Waals surface area contributed by atoms with Crippen molar-refractivity contribution in [2.75, 3.05) is 17.6 Å². The first-order valence-corrected chi connectivity index (χ1v) is 7.10. The molecule has 0 aliphatic rings. The molecule has 0 radical (unpaired) electrons. The van der Waals surface area contributed by atoms with Gasteiger partial charge in [0.25, 0.3) is 5.91 Å². The minimum atomic E-state index is -0.519. The number of nitrogen functional groups attached to an aromatic ring is 1. The van der Waals surface area contributed by atoms with Gasteiger partial charge >= 0.3 is 0 Å². The van der Waals surface area contributed by atoms with Gasteiger partial charge < -0.3 is 16.8 Å². The Hall–Kier alpha value is -1.91. The molecule has 0 atom stereocenters. The molecule has 0 bridgehead atoms. The second-order valence-electron chi connectivity index (χ2n) is 4.55. The topological polar surface area (TPSA) is 81.1 Å². The van der Waals surface area contributed by atoms with Crippen LogP contribution in [0.4, 0.5) is 11.4 Å². The van der Waals surface area contributed by atoms with E-state index in [0.717, 1.165) is 5.56 Å². The minimum Gasteiger partial charge on any atom is -0.397 e. The van der Waals surface area contributed by atoms with Crippen molar-refractivity contribution in [2.24, 2.45) is 5.73 Å². The summed E-state index contributed by atoms with van der Waals surface area (Å²) in [6.45, 7) is 0.565. The molecule has 0 unspecified atom stereocenters. The van der Waals surface area contributed by atoms with Crippen molar-refractivity contribution in [3.63, 3.8) is 0 Å². The first-order chi connectivity index (χ1) is 9.99. The maximum atomic E-state index is 11.4. The third kappa shape index (κ3) is 3.80. The molecule has 0 saturated carbocycles. The lowest BCUT2D eigenvalue weighted by Gasteiger charge is -2.13. The summed E-state index contributed by atoms with van der Waals surface area (Å²) in [5.74, 6) is -0.519. The van der Waals surface area contributed by atoms with Crippen molar-refractivity contribution in [2.45, 2.75) is 6.42 Å². The van der Waals surface area contributed by atoms with Gasteiger partial charge in [0.2, 0.25) is 0 Å². The van der Waals surface area contributed by atoms with Crippen molar-refractivity contribution in [1.29, 1.82) is 0 Å². The van der Waals surface area contributed by atoms with Crippen LogP contribution in [0.15, 0.2) is 36.4 Å². The summed E-state index contributed by atoms with van der Waals surface area (Å²) >= 11 is 12.0. The number of amides is 1. The van der Waals surface area contributed by atoms with Crippen molar-refractivity contribution < 1.29 is 4.79 Å². The Kier molecular flexibility index (Phi) is 4.94. The second-order valence-corrected chi connectivity index (χ2v) is 5.39. The Bertz CT molecular complexity index is 674. The molecule has 1 amide bonds. The fourth-order valence-electron chi connectivity index (χ4n) is 2.02. The van der Waals surface area contributed by atoms with Gasteiger partial charge in [-0.05, 0) is 36.2 Å². The molecule has 4 nitrogen and oxygen atoms in total. The van der Waals surface area contributed by atoms with Crippen molar-refractivity contribution in [3.05, 3.63) is 57.6 Å². The average molecular weight is 324 g/mol. The van der Waals surface area contributed by atoms with Crippen LogP contribution in [0.5, 0.6) is 0 Å². The molecule has 0 spiro atoms. The van der Waals surface area contributed by atoms with E-state index in [1.165, 1.54) is 0 Å². The average Bonchev–Trinajstić information content (AvgIpc) is 2.42. The quantitative estimate of drug-likeness (QED) is 0.738. The maximum absolute atomic E-state index is 11.4. The predicted octanol–water partition coefficient (Wildman–Crippen LogP) is 3.33. The highest BCUT2D eigenvalue weighted by molar-refractivity contribution is 6.35. The van der Waals surface area contributed by atoms with Crippen molar-refractivity contribution >= 4 is 40.5 Å². The zero-order valence-corrected chi connectivity index (χ0v) is 12.7. The summed E-state index contributed by atoms with van der Waals surface area (Å²) in [6.07, 6.45) is 0.669. The zero-order chi connectivity index (χ0) is 15.4. The first kappa shape index (κ1) is 15.5. The molecule has 2 rings (SSSR count). The van der Waals surface area contributed by atoms with E-state index in [9.17, 15) is 4.79 Å². The SMILES string of the molecule is NC(=O)c1cccc(N)c1NCCc1ccc(Cl)cc1Cl. The summed E-state index contributed by atoms with van der Waals surface area (Å²) in [7, 11) is 0. The number of primary amides is 1. The van der Waals surface area contributed by atoms with Gasteiger partial charge in [-0.15, -0.1) is 0 Å². The number of rotatable bonds is 5. The van der Waals surface area contributed by atoms with E-state index in [4.69, 9.17) is 34.7 Å². The van der Waals surface area contributed by atoms with Crippen LogP contribution in [0.3, 0.4) is 0 Å². The largest absolute Gasteiger partial charge is 0.397 e. The number of halogens is 2. The molecule has 0 fully saturated rings. The van der Waals surface area contributed by atoms with Crippen LogP contribution >= 0.6 is 23.2 Å². The van der Waals surface area contributed by atoms with E-state index >= 15 is 0 Å². The molecular weight excluding hydrogens is 309 g/mol. The number of hydrogen-bond donors (Lipinski definition) is 3. The second kappa shape index (κ2) is 6.70. The normalized spacial score (nSPS) is 10.4. The zero-order valence-electron chi connectivity index (χ0n) is 11.2. The third-order valence-corrected chi connectivity index (χ3v) is 3.66. The van der Waals surface area contributed by atoms with Gasteiger partial charge in [0, 0.05) is 16.6 Å². The summed E-state index contributed by atoms with van der Waals surface area (Å²) in [5, 5.41) is 4.34. The lowest BCUT2D eigenvalue weighted by Crippen LogP contribution is -2.16. The van der Waals surface area contributed by atoms with Gasteiger partial charge in [-0.25, -0.2) is 0 Å². The van der Waals surface area contributed by atoms with Crippen LogP contribution in [-0.4, -0.2) is 12.5 Å². The molecule has 0 saturated heterocycles. The highest BCUT2D eigenvalue weighted by Crippen LogP contribution is 2.24. The van der Waals surface area contributed by atoms with Crippen molar-refractivity contribution in [1.82, 2.24) is 0 Å². The van der Waals surface area contributed by atoms with E-state index in [0.29, 0.717) is 39.9 Å². The number of nitrogens with two attached hydrogens (primary N) is 2. The van der Waals surface area contributed by atoms with E-state index in [-0.39, 0.29) is 0 Å². The molecule has 0 aliphatic carbocycles. The Morgan fingerprint density at radius 3 is 2.62 bits per heavy atom. The molecule has 0 heterocycles. The highest BCUT2D eigenvalue weighted by Gasteiger charge is 2.10. The van der Waals surface area contributed by atoms with Crippen LogP contribution in [0, 0.1) is 0 Å². The summed E-state index contributed by atoms with van der Waals surface area (Å²) < 4.78 is 0. The van der Waals surface area contributed by atoms with Gasteiger partial charge in [0.05, 0.1) is 16.9 Å². The molecule has 21 heavy (non-hydrogen) atoms. The van der Waals surface area contributed by atoms with Crippen LogP contribution in [0.2, 0.25) is 10.0 Å². The van der Waals surface area contributed by atoms with E-state index in [1.807, 2.05) is 6.07 Å². The molecule has 0 aliphatic heterocycles. The number of carbonyl (C=O) groups is 1. The highest BCUT2D eigenvalue weighted by atomic mass is 35.5. The van der Waals surface area contributed by atoms with E-state index < -0.39 is 5.91 Å². The van der Waals surface area contributed by atoms with Crippen LogP contribution in [0.25, 0.3) is 0 Å². The van der Waals surface area contributed by atoms with E-state index in [2.05, 4.69) is 5.32 Å². The van der Waals surface area contributed by atoms with Gasteiger partial charge in [0.15, 0.2) is 0 Å². The predicted molar refractivity (Wildman–Crippen MR) is 88.0 cm³/mol. The fourth-order valence-corrected chi connectivity index (χ4v) is 2.52.